The van der Waals surface area contributed by atoms with Gasteiger partial charge in [0.05, 0.1) is 0 Å². The lowest BCUT2D eigenvalue weighted by molar-refractivity contribution is 0.325. The van der Waals surface area contributed by atoms with E-state index in [1.165, 1.54) is 0 Å². The van der Waals surface area contributed by atoms with E-state index in [2.05, 4.69) is 0 Å². The molecule has 0 radical (unpaired) electrons. The second-order valence-corrected chi connectivity index (χ2v) is 2.59. The molecule has 0 aliphatic heterocycles. The van der Waals surface area contributed by atoms with Gasteiger partial charge in [-0.05, 0) is 6.07 Å². The first kappa shape index (κ1) is 10.9. The molecule has 1 atom stereocenters. The maximum atomic E-state index is 12.8. The Hall–Kier alpha value is -1.17. The summed E-state index contributed by atoms with van der Waals surface area (Å²) < 4.78 is 63.1. The number of alkyl halides is 1. The molecule has 78 valence electrons. The molecule has 1 aromatic rings. The number of nitrogens with two attached hydrogens (primary N) is 1. The summed E-state index contributed by atoms with van der Waals surface area (Å²) in [5.41, 5.74) is 3.92. The summed E-state index contributed by atoms with van der Waals surface area (Å²) in [6.07, 6.45) is -2.06. The van der Waals surface area contributed by atoms with E-state index in [0.717, 1.165) is 0 Å². The van der Waals surface area contributed by atoms with Crippen LogP contribution in [0.2, 0.25) is 0 Å². The highest BCUT2D eigenvalue weighted by molar-refractivity contribution is 5.24. The second-order valence-electron chi connectivity index (χ2n) is 2.59. The maximum absolute atomic E-state index is 12.8. The second kappa shape index (κ2) is 3.91. The van der Waals surface area contributed by atoms with Gasteiger partial charge in [0.15, 0.2) is 23.3 Å². The van der Waals surface area contributed by atoms with Crippen LogP contribution in [-0.2, 0) is 0 Å². The Labute approximate surface area is 76.3 Å². The Morgan fingerprint density at radius 2 is 1.64 bits per heavy atom. The molecule has 0 fully saturated rings. The van der Waals surface area contributed by atoms with Gasteiger partial charge in [-0.3, -0.25) is 0 Å². The van der Waals surface area contributed by atoms with Crippen molar-refractivity contribution in [1.29, 1.82) is 0 Å². The average Bonchev–Trinajstić information content (AvgIpc) is 2.19. The van der Waals surface area contributed by atoms with Crippen LogP contribution in [0.3, 0.4) is 0 Å². The first-order valence-corrected chi connectivity index (χ1v) is 3.66. The van der Waals surface area contributed by atoms with Crippen LogP contribution in [0.15, 0.2) is 6.07 Å². The molecule has 14 heavy (non-hydrogen) atoms. The molecule has 0 aliphatic rings. The van der Waals surface area contributed by atoms with E-state index in [1.807, 2.05) is 0 Å². The van der Waals surface area contributed by atoms with Gasteiger partial charge in [-0.25, -0.2) is 22.0 Å². The van der Waals surface area contributed by atoms with Gasteiger partial charge >= 0.3 is 0 Å². The van der Waals surface area contributed by atoms with Gasteiger partial charge in [0, 0.05) is 12.1 Å². The van der Waals surface area contributed by atoms with Crippen LogP contribution in [-0.4, -0.2) is 6.54 Å². The van der Waals surface area contributed by atoms with Gasteiger partial charge in [-0.1, -0.05) is 0 Å². The fraction of sp³-hybridized carbons (Fsp3) is 0.250. The van der Waals surface area contributed by atoms with E-state index in [4.69, 9.17) is 5.73 Å². The molecule has 1 nitrogen and oxygen atoms in total. The van der Waals surface area contributed by atoms with E-state index in [-0.39, 0.29) is 6.07 Å². The van der Waals surface area contributed by atoms with Crippen molar-refractivity contribution in [3.63, 3.8) is 0 Å². The highest BCUT2D eigenvalue weighted by atomic mass is 19.2. The van der Waals surface area contributed by atoms with E-state index >= 15 is 0 Å². The zero-order valence-corrected chi connectivity index (χ0v) is 6.83. The molecule has 0 bridgehead atoms. The van der Waals surface area contributed by atoms with Gasteiger partial charge in [-0.2, -0.15) is 0 Å². The lowest BCUT2D eigenvalue weighted by Gasteiger charge is -2.08. The molecule has 2 N–H and O–H groups in total. The fourth-order valence-electron chi connectivity index (χ4n) is 0.946. The van der Waals surface area contributed by atoms with Gasteiger partial charge < -0.3 is 5.73 Å². The van der Waals surface area contributed by atoms with E-state index in [9.17, 15) is 22.0 Å². The average molecular weight is 211 g/mol. The molecular formula is C8H6F5N. The predicted molar refractivity (Wildman–Crippen MR) is 39.2 cm³/mol. The van der Waals surface area contributed by atoms with Crippen LogP contribution in [0.4, 0.5) is 22.0 Å². The topological polar surface area (TPSA) is 26.0 Å². The number of benzene rings is 1. The minimum atomic E-state index is -2.06. The number of halogens is 5. The maximum Gasteiger partial charge on any atom is 0.197 e. The van der Waals surface area contributed by atoms with Gasteiger partial charge in [0.1, 0.15) is 6.17 Å². The molecule has 1 aromatic carbocycles. The zero-order chi connectivity index (χ0) is 10.9. The zero-order valence-electron chi connectivity index (χ0n) is 6.83. The Bertz CT molecular complexity index is 352. The highest BCUT2D eigenvalue weighted by Crippen LogP contribution is 2.25. The van der Waals surface area contributed by atoms with Crippen molar-refractivity contribution in [3.05, 3.63) is 34.9 Å². The Morgan fingerprint density at radius 1 is 1.07 bits per heavy atom. The van der Waals surface area contributed by atoms with Crippen molar-refractivity contribution in [2.75, 3.05) is 6.54 Å². The summed E-state index contributed by atoms with van der Waals surface area (Å²) in [5, 5.41) is 0. The minimum Gasteiger partial charge on any atom is -0.327 e. The molecule has 1 rings (SSSR count). The fourth-order valence-corrected chi connectivity index (χ4v) is 0.946. The van der Waals surface area contributed by atoms with E-state index in [1.54, 1.807) is 0 Å². The molecule has 0 saturated heterocycles. The third-order valence-corrected chi connectivity index (χ3v) is 1.68. The SMILES string of the molecule is NCC(F)c1cc(F)c(F)c(F)c1F. The first-order valence-electron chi connectivity index (χ1n) is 3.66. The van der Waals surface area contributed by atoms with Crippen molar-refractivity contribution in [3.8, 4) is 0 Å². The summed E-state index contributed by atoms with van der Waals surface area (Å²) >= 11 is 0. The van der Waals surface area contributed by atoms with Crippen LogP contribution in [0.1, 0.15) is 11.7 Å². The van der Waals surface area contributed by atoms with Crippen molar-refractivity contribution in [2.45, 2.75) is 6.17 Å². The quantitative estimate of drug-likeness (QED) is 0.453. The number of rotatable bonds is 2. The normalized spacial score (nSPS) is 13.0. The monoisotopic (exact) mass is 211 g/mol. The lowest BCUT2D eigenvalue weighted by atomic mass is 10.1. The molecular weight excluding hydrogens is 205 g/mol. The summed E-state index contributed by atoms with van der Waals surface area (Å²) in [5.74, 6) is -7.39. The van der Waals surface area contributed by atoms with Gasteiger partial charge in [0.25, 0.3) is 0 Å². The molecule has 0 heterocycles. The minimum absolute atomic E-state index is 0.255. The standard InChI is InChI=1S/C8H6F5N/c9-4-1-3(5(10)2-14)6(11)8(13)7(4)12/h1,5H,2,14H2. The Kier molecular flexibility index (Phi) is 3.05. The summed E-state index contributed by atoms with van der Waals surface area (Å²) in [7, 11) is 0. The van der Waals surface area contributed by atoms with Gasteiger partial charge in [0.2, 0.25) is 0 Å². The van der Waals surface area contributed by atoms with Crippen LogP contribution in [0.25, 0.3) is 0 Å². The summed E-state index contributed by atoms with van der Waals surface area (Å²) in [6.45, 7) is -0.637. The third-order valence-electron chi connectivity index (χ3n) is 1.68. The predicted octanol–water partition coefficient (Wildman–Crippen LogP) is 2.21. The largest absolute Gasteiger partial charge is 0.327 e. The molecule has 0 aromatic heterocycles. The molecule has 0 amide bonds. The third kappa shape index (κ3) is 1.70. The highest BCUT2D eigenvalue weighted by Gasteiger charge is 2.23. The van der Waals surface area contributed by atoms with Crippen LogP contribution >= 0.6 is 0 Å². The first-order chi connectivity index (χ1) is 6.49. The van der Waals surface area contributed by atoms with Crippen molar-refractivity contribution < 1.29 is 22.0 Å². The number of hydrogen-bond donors (Lipinski definition) is 1. The van der Waals surface area contributed by atoms with Crippen LogP contribution < -0.4 is 5.73 Å². The lowest BCUT2D eigenvalue weighted by Crippen LogP contribution is -2.12. The summed E-state index contributed by atoms with van der Waals surface area (Å²) in [6, 6.07) is 0.255. The van der Waals surface area contributed by atoms with Crippen molar-refractivity contribution in [1.82, 2.24) is 0 Å². The Balaban J connectivity index is 3.33. The van der Waals surface area contributed by atoms with Gasteiger partial charge in [-0.15, -0.1) is 0 Å². The molecule has 1 unspecified atom stereocenters. The van der Waals surface area contributed by atoms with Crippen molar-refractivity contribution in [2.24, 2.45) is 5.73 Å². The van der Waals surface area contributed by atoms with Crippen LogP contribution in [0, 0.1) is 23.3 Å². The van der Waals surface area contributed by atoms with Crippen molar-refractivity contribution >= 4 is 0 Å². The van der Waals surface area contributed by atoms with E-state index < -0.39 is 41.5 Å². The summed E-state index contributed by atoms with van der Waals surface area (Å²) in [4.78, 5) is 0. The number of hydrogen-bond acceptors (Lipinski definition) is 1. The smallest absolute Gasteiger partial charge is 0.197 e. The Morgan fingerprint density at radius 3 is 2.14 bits per heavy atom. The molecule has 0 spiro atoms. The van der Waals surface area contributed by atoms with E-state index in [0.29, 0.717) is 0 Å². The molecule has 0 saturated carbocycles. The molecule has 6 heteroatoms. The van der Waals surface area contributed by atoms with Crippen LogP contribution in [0.5, 0.6) is 0 Å². The molecule has 0 aliphatic carbocycles.